The predicted octanol–water partition coefficient (Wildman–Crippen LogP) is 2.88. The lowest BCUT2D eigenvalue weighted by Gasteiger charge is -2.31. The molecule has 3 heteroatoms. The monoisotopic (exact) mass is 250 g/mol. The van der Waals surface area contributed by atoms with E-state index in [2.05, 4.69) is 0 Å². The van der Waals surface area contributed by atoms with Gasteiger partial charge in [-0.25, -0.2) is 4.79 Å². The summed E-state index contributed by atoms with van der Waals surface area (Å²) in [4.78, 5) is 12.0. The van der Waals surface area contributed by atoms with E-state index in [9.17, 15) is 9.90 Å². The quantitative estimate of drug-likeness (QED) is 0.790. The molecule has 18 heavy (non-hydrogen) atoms. The van der Waals surface area contributed by atoms with Crippen LogP contribution in [0.2, 0.25) is 0 Å². The molecule has 0 saturated heterocycles. The van der Waals surface area contributed by atoms with Crippen LogP contribution < -0.4 is 0 Å². The van der Waals surface area contributed by atoms with Crippen molar-refractivity contribution in [2.24, 2.45) is 0 Å². The SMILES string of the molecule is CCCC(O)(C(=O)OCC)C(C)c1ccccc1. The van der Waals surface area contributed by atoms with E-state index in [1.54, 1.807) is 6.92 Å². The number of aliphatic hydroxyl groups is 1. The Morgan fingerprint density at radius 3 is 2.44 bits per heavy atom. The third kappa shape index (κ3) is 3.10. The molecule has 2 atom stereocenters. The third-order valence-corrected chi connectivity index (χ3v) is 3.28. The van der Waals surface area contributed by atoms with Gasteiger partial charge >= 0.3 is 5.97 Å². The van der Waals surface area contributed by atoms with E-state index in [1.165, 1.54) is 0 Å². The number of benzene rings is 1. The van der Waals surface area contributed by atoms with Crippen LogP contribution in [-0.4, -0.2) is 23.3 Å². The maximum atomic E-state index is 12.0. The number of esters is 1. The molecule has 0 saturated carbocycles. The largest absolute Gasteiger partial charge is 0.464 e. The minimum Gasteiger partial charge on any atom is -0.464 e. The van der Waals surface area contributed by atoms with Crippen LogP contribution in [0, 0.1) is 0 Å². The van der Waals surface area contributed by atoms with Crippen LogP contribution in [0.4, 0.5) is 0 Å². The van der Waals surface area contributed by atoms with Gasteiger partial charge in [-0.2, -0.15) is 0 Å². The molecule has 0 radical (unpaired) electrons. The van der Waals surface area contributed by atoms with Gasteiger partial charge in [-0.15, -0.1) is 0 Å². The van der Waals surface area contributed by atoms with Crippen molar-refractivity contribution in [2.45, 2.75) is 45.1 Å². The van der Waals surface area contributed by atoms with E-state index >= 15 is 0 Å². The number of ether oxygens (including phenoxy) is 1. The lowest BCUT2D eigenvalue weighted by atomic mass is 9.80. The number of hydrogen-bond donors (Lipinski definition) is 1. The molecule has 0 aromatic heterocycles. The van der Waals surface area contributed by atoms with Gasteiger partial charge in [-0.05, 0) is 18.9 Å². The Morgan fingerprint density at radius 2 is 1.94 bits per heavy atom. The highest BCUT2D eigenvalue weighted by Gasteiger charge is 2.42. The average Bonchev–Trinajstić information content (AvgIpc) is 2.39. The van der Waals surface area contributed by atoms with E-state index < -0.39 is 11.6 Å². The van der Waals surface area contributed by atoms with Gasteiger partial charge in [0.1, 0.15) is 0 Å². The summed E-state index contributed by atoms with van der Waals surface area (Å²) < 4.78 is 5.01. The normalized spacial score (nSPS) is 15.8. The molecule has 1 aromatic rings. The molecule has 0 aliphatic heterocycles. The van der Waals surface area contributed by atoms with Crippen LogP contribution in [0.25, 0.3) is 0 Å². The summed E-state index contributed by atoms with van der Waals surface area (Å²) in [6, 6.07) is 9.57. The number of carbonyl (C=O) groups excluding carboxylic acids is 1. The molecule has 0 spiro atoms. The predicted molar refractivity (Wildman–Crippen MR) is 71.3 cm³/mol. The Kier molecular flexibility index (Phi) is 5.35. The van der Waals surface area contributed by atoms with E-state index in [-0.39, 0.29) is 12.5 Å². The minimum atomic E-state index is -1.44. The van der Waals surface area contributed by atoms with Gasteiger partial charge in [-0.3, -0.25) is 0 Å². The first-order valence-corrected chi connectivity index (χ1v) is 6.50. The average molecular weight is 250 g/mol. The standard InChI is InChI=1S/C15H22O3/c1-4-11-15(17,14(16)18-5-2)12(3)13-9-7-6-8-10-13/h6-10,12,17H,4-5,11H2,1-3H3. The van der Waals surface area contributed by atoms with E-state index in [1.807, 2.05) is 44.2 Å². The fraction of sp³-hybridized carbons (Fsp3) is 0.533. The van der Waals surface area contributed by atoms with Crippen LogP contribution in [0.15, 0.2) is 30.3 Å². The van der Waals surface area contributed by atoms with Crippen LogP contribution in [0.1, 0.15) is 45.1 Å². The molecule has 0 aliphatic rings. The smallest absolute Gasteiger partial charge is 0.338 e. The molecule has 0 fully saturated rings. The zero-order valence-corrected chi connectivity index (χ0v) is 11.3. The molecular weight excluding hydrogens is 228 g/mol. The molecule has 100 valence electrons. The summed E-state index contributed by atoms with van der Waals surface area (Å²) in [5, 5.41) is 10.7. The Hall–Kier alpha value is -1.35. The molecule has 1 rings (SSSR count). The van der Waals surface area contributed by atoms with Crippen LogP contribution >= 0.6 is 0 Å². The summed E-state index contributed by atoms with van der Waals surface area (Å²) in [7, 11) is 0. The molecule has 0 heterocycles. The molecule has 3 nitrogen and oxygen atoms in total. The Bertz CT molecular complexity index is 375. The fourth-order valence-electron chi connectivity index (χ4n) is 2.15. The number of carbonyl (C=O) groups is 1. The Labute approximate surface area is 109 Å². The van der Waals surface area contributed by atoms with Gasteiger partial charge in [0.25, 0.3) is 0 Å². The molecule has 2 unspecified atom stereocenters. The summed E-state index contributed by atoms with van der Waals surface area (Å²) in [6.07, 6.45) is 1.13. The minimum absolute atomic E-state index is 0.280. The first kappa shape index (κ1) is 14.7. The number of hydrogen-bond acceptors (Lipinski definition) is 3. The van der Waals surface area contributed by atoms with E-state index in [4.69, 9.17) is 4.74 Å². The van der Waals surface area contributed by atoms with Crippen LogP contribution in [-0.2, 0) is 9.53 Å². The van der Waals surface area contributed by atoms with Crippen molar-refractivity contribution in [3.63, 3.8) is 0 Å². The van der Waals surface area contributed by atoms with Gasteiger partial charge in [0, 0.05) is 5.92 Å². The molecule has 0 bridgehead atoms. The van der Waals surface area contributed by atoms with Crippen molar-refractivity contribution >= 4 is 5.97 Å². The zero-order valence-electron chi connectivity index (χ0n) is 11.3. The second kappa shape index (κ2) is 6.55. The maximum absolute atomic E-state index is 12.0. The van der Waals surface area contributed by atoms with Crippen molar-refractivity contribution in [3.8, 4) is 0 Å². The second-order valence-electron chi connectivity index (χ2n) is 4.53. The van der Waals surface area contributed by atoms with Gasteiger partial charge in [0.05, 0.1) is 6.61 Å². The van der Waals surface area contributed by atoms with Crippen molar-refractivity contribution in [2.75, 3.05) is 6.61 Å². The highest BCUT2D eigenvalue weighted by molar-refractivity contribution is 5.80. The van der Waals surface area contributed by atoms with Crippen molar-refractivity contribution in [3.05, 3.63) is 35.9 Å². The molecule has 0 aliphatic carbocycles. The van der Waals surface area contributed by atoms with Crippen LogP contribution in [0.5, 0.6) is 0 Å². The highest BCUT2D eigenvalue weighted by atomic mass is 16.5. The first-order chi connectivity index (χ1) is 8.56. The van der Waals surface area contributed by atoms with Crippen molar-refractivity contribution in [1.82, 2.24) is 0 Å². The topological polar surface area (TPSA) is 46.5 Å². The lowest BCUT2D eigenvalue weighted by Crippen LogP contribution is -2.44. The molecule has 1 aromatic carbocycles. The van der Waals surface area contributed by atoms with Crippen molar-refractivity contribution in [1.29, 1.82) is 0 Å². The highest BCUT2D eigenvalue weighted by Crippen LogP contribution is 2.33. The first-order valence-electron chi connectivity index (χ1n) is 6.50. The summed E-state index contributed by atoms with van der Waals surface area (Å²) in [6.45, 7) is 5.84. The Balaban J connectivity index is 3.00. The van der Waals surface area contributed by atoms with Crippen molar-refractivity contribution < 1.29 is 14.6 Å². The lowest BCUT2D eigenvalue weighted by molar-refractivity contribution is -0.168. The Morgan fingerprint density at radius 1 is 1.33 bits per heavy atom. The van der Waals surface area contributed by atoms with E-state index in [0.717, 1.165) is 12.0 Å². The molecule has 1 N–H and O–H groups in total. The van der Waals surface area contributed by atoms with Gasteiger partial charge < -0.3 is 9.84 Å². The summed E-state index contributed by atoms with van der Waals surface area (Å²) in [5.41, 5.74) is -0.493. The van der Waals surface area contributed by atoms with Gasteiger partial charge in [0.15, 0.2) is 5.60 Å². The summed E-state index contributed by atoms with van der Waals surface area (Å²) in [5.74, 6) is -0.805. The summed E-state index contributed by atoms with van der Waals surface area (Å²) >= 11 is 0. The van der Waals surface area contributed by atoms with E-state index in [0.29, 0.717) is 6.42 Å². The fourth-order valence-corrected chi connectivity index (χ4v) is 2.15. The van der Waals surface area contributed by atoms with Crippen LogP contribution in [0.3, 0.4) is 0 Å². The second-order valence-corrected chi connectivity index (χ2v) is 4.53. The molecule has 0 amide bonds. The third-order valence-electron chi connectivity index (χ3n) is 3.28. The number of rotatable bonds is 6. The molecular formula is C15H22O3. The maximum Gasteiger partial charge on any atom is 0.338 e. The van der Waals surface area contributed by atoms with Gasteiger partial charge in [0.2, 0.25) is 0 Å². The zero-order chi connectivity index (χ0) is 13.6. The van der Waals surface area contributed by atoms with Gasteiger partial charge in [-0.1, -0.05) is 50.6 Å².